The molecule has 0 saturated carbocycles. The largest absolute Gasteiger partial charge is 0.450 e. The maximum absolute atomic E-state index is 12.5. The van der Waals surface area contributed by atoms with E-state index < -0.39 is 18.5 Å². The molecular weight excluding hydrogens is 348 g/mol. The lowest BCUT2D eigenvalue weighted by Crippen LogP contribution is -2.35. The molecule has 0 atom stereocenters. The van der Waals surface area contributed by atoms with Crippen LogP contribution >= 0.6 is 0 Å². The molecule has 0 aliphatic heterocycles. The third kappa shape index (κ3) is 4.07. The summed E-state index contributed by atoms with van der Waals surface area (Å²) in [5, 5.41) is 12.8. The fourth-order valence-electron chi connectivity index (χ4n) is 2.43. The Labute approximate surface area is 154 Å². The number of ether oxygens (including phenoxy) is 1. The van der Waals surface area contributed by atoms with E-state index in [0.717, 1.165) is 5.69 Å². The van der Waals surface area contributed by atoms with E-state index in [1.165, 1.54) is 9.42 Å². The average Bonchev–Trinajstić information content (AvgIpc) is 3.13. The van der Waals surface area contributed by atoms with E-state index in [1.807, 2.05) is 12.1 Å². The van der Waals surface area contributed by atoms with Crippen LogP contribution in [0.5, 0.6) is 0 Å². The van der Waals surface area contributed by atoms with E-state index in [2.05, 4.69) is 15.1 Å². The van der Waals surface area contributed by atoms with Crippen LogP contribution < -0.4 is 4.90 Å². The van der Waals surface area contributed by atoms with Gasteiger partial charge in [-0.15, -0.1) is 5.10 Å². The molecule has 3 aromatic rings. The van der Waals surface area contributed by atoms with Crippen LogP contribution in [0.1, 0.15) is 22.7 Å². The summed E-state index contributed by atoms with van der Waals surface area (Å²) in [6, 6.07) is 12.6. The van der Waals surface area contributed by atoms with Crippen molar-refractivity contribution in [1.82, 2.24) is 19.6 Å². The third-order valence-corrected chi connectivity index (χ3v) is 3.76. The minimum absolute atomic E-state index is 0.160. The third-order valence-electron chi connectivity index (χ3n) is 3.76. The van der Waals surface area contributed by atoms with Gasteiger partial charge in [-0.1, -0.05) is 18.2 Å². The normalized spacial score (nSPS) is 10.4. The number of carbonyl (C=O) groups is 2. The Morgan fingerprint density at radius 1 is 1.26 bits per heavy atom. The predicted octanol–water partition coefficient (Wildman–Crippen LogP) is 1.54. The molecule has 0 aliphatic rings. The summed E-state index contributed by atoms with van der Waals surface area (Å²) in [5.41, 5.74) is 1.38. The molecule has 9 heteroatoms. The molecule has 2 aromatic heterocycles. The maximum Gasteiger partial charge on any atom is 0.378 e. The molecule has 136 valence electrons. The van der Waals surface area contributed by atoms with Crippen molar-refractivity contribution in [1.29, 1.82) is 5.26 Å². The van der Waals surface area contributed by atoms with Gasteiger partial charge in [-0.3, -0.25) is 4.79 Å². The standard InChI is InChI=1S/C18H16N6O3/c1-13-8-10-20-18-21-16(22-24(13)18)17(26)27-12-15(25)23(11-5-9-19)14-6-3-2-4-7-14/h2-4,6-8,10H,5,11-12H2,1H3. The Morgan fingerprint density at radius 2 is 2.04 bits per heavy atom. The highest BCUT2D eigenvalue weighted by Crippen LogP contribution is 2.14. The van der Waals surface area contributed by atoms with Crippen LogP contribution in [-0.4, -0.2) is 44.6 Å². The van der Waals surface area contributed by atoms with Crippen molar-refractivity contribution in [2.75, 3.05) is 18.1 Å². The topological polar surface area (TPSA) is 113 Å². The maximum atomic E-state index is 12.5. The first-order valence-corrected chi connectivity index (χ1v) is 8.18. The number of carbonyl (C=O) groups excluding carboxylic acids is 2. The fraction of sp³-hybridized carbons (Fsp3) is 0.222. The summed E-state index contributed by atoms with van der Waals surface area (Å²) in [5.74, 6) is -1.16. The van der Waals surface area contributed by atoms with Crippen molar-refractivity contribution in [3.8, 4) is 6.07 Å². The molecule has 1 amide bonds. The second-order valence-corrected chi connectivity index (χ2v) is 5.60. The molecular formula is C18H16N6O3. The Balaban J connectivity index is 1.69. The number of fused-ring (bicyclic) bond motifs is 1. The molecule has 3 rings (SSSR count). The van der Waals surface area contributed by atoms with Gasteiger partial charge < -0.3 is 9.64 Å². The zero-order valence-electron chi connectivity index (χ0n) is 14.6. The lowest BCUT2D eigenvalue weighted by molar-refractivity contribution is -0.121. The van der Waals surface area contributed by atoms with Crippen LogP contribution in [0.25, 0.3) is 5.78 Å². The molecule has 27 heavy (non-hydrogen) atoms. The van der Waals surface area contributed by atoms with E-state index in [1.54, 1.807) is 43.5 Å². The van der Waals surface area contributed by atoms with Crippen LogP contribution in [0.2, 0.25) is 0 Å². The first-order valence-electron chi connectivity index (χ1n) is 8.18. The molecule has 1 aromatic carbocycles. The van der Waals surface area contributed by atoms with Gasteiger partial charge in [0.05, 0.1) is 12.5 Å². The highest BCUT2D eigenvalue weighted by molar-refractivity contribution is 5.96. The fourth-order valence-corrected chi connectivity index (χ4v) is 2.43. The predicted molar refractivity (Wildman–Crippen MR) is 94.8 cm³/mol. The molecule has 0 fully saturated rings. The Hall–Kier alpha value is -3.80. The number of hydrogen-bond acceptors (Lipinski definition) is 7. The van der Waals surface area contributed by atoms with Crippen molar-refractivity contribution >= 4 is 23.3 Å². The van der Waals surface area contributed by atoms with Crippen molar-refractivity contribution in [2.24, 2.45) is 0 Å². The molecule has 0 N–H and O–H groups in total. The minimum Gasteiger partial charge on any atom is -0.450 e. The molecule has 0 unspecified atom stereocenters. The number of amides is 1. The van der Waals surface area contributed by atoms with Gasteiger partial charge in [0, 0.05) is 24.1 Å². The number of nitrogens with zero attached hydrogens (tertiary/aromatic N) is 6. The zero-order chi connectivity index (χ0) is 19.2. The van der Waals surface area contributed by atoms with Crippen molar-refractivity contribution in [3.05, 3.63) is 54.1 Å². The first-order chi connectivity index (χ1) is 13.1. The molecule has 0 saturated heterocycles. The number of esters is 1. The summed E-state index contributed by atoms with van der Waals surface area (Å²) in [4.78, 5) is 34.1. The van der Waals surface area contributed by atoms with E-state index in [0.29, 0.717) is 5.69 Å². The molecule has 9 nitrogen and oxygen atoms in total. The number of para-hydroxylation sites is 1. The van der Waals surface area contributed by atoms with Gasteiger partial charge in [0.2, 0.25) is 0 Å². The Kier molecular flexibility index (Phi) is 5.37. The van der Waals surface area contributed by atoms with Crippen LogP contribution in [0.15, 0.2) is 42.6 Å². The number of benzene rings is 1. The van der Waals surface area contributed by atoms with Crippen LogP contribution in [-0.2, 0) is 9.53 Å². The van der Waals surface area contributed by atoms with Gasteiger partial charge in [0.25, 0.3) is 17.5 Å². The SMILES string of the molecule is Cc1ccnc2nc(C(=O)OCC(=O)N(CCC#N)c3ccccc3)nn12. The molecule has 0 spiro atoms. The van der Waals surface area contributed by atoms with Crippen LogP contribution in [0.3, 0.4) is 0 Å². The second kappa shape index (κ2) is 8.05. The monoisotopic (exact) mass is 364 g/mol. The lowest BCUT2D eigenvalue weighted by atomic mass is 10.2. The van der Waals surface area contributed by atoms with Crippen LogP contribution in [0, 0.1) is 18.3 Å². The first kappa shape index (κ1) is 18.0. The van der Waals surface area contributed by atoms with Gasteiger partial charge in [0.1, 0.15) is 0 Å². The van der Waals surface area contributed by atoms with Gasteiger partial charge in [0.15, 0.2) is 6.61 Å². The quantitative estimate of drug-likeness (QED) is 0.609. The van der Waals surface area contributed by atoms with Crippen molar-refractivity contribution < 1.29 is 14.3 Å². The number of hydrogen-bond donors (Lipinski definition) is 0. The summed E-state index contributed by atoms with van der Waals surface area (Å²) in [6.45, 7) is 1.52. The summed E-state index contributed by atoms with van der Waals surface area (Å²) < 4.78 is 6.48. The van der Waals surface area contributed by atoms with Gasteiger partial charge >= 0.3 is 5.97 Å². The smallest absolute Gasteiger partial charge is 0.378 e. The van der Waals surface area contributed by atoms with Gasteiger partial charge in [-0.25, -0.2) is 14.3 Å². The number of nitriles is 1. The van der Waals surface area contributed by atoms with E-state index in [4.69, 9.17) is 10.00 Å². The average molecular weight is 364 g/mol. The molecule has 0 radical (unpaired) electrons. The highest BCUT2D eigenvalue weighted by atomic mass is 16.5. The number of rotatable bonds is 6. The summed E-state index contributed by atoms with van der Waals surface area (Å²) >= 11 is 0. The highest BCUT2D eigenvalue weighted by Gasteiger charge is 2.20. The lowest BCUT2D eigenvalue weighted by Gasteiger charge is -2.21. The van der Waals surface area contributed by atoms with Crippen LogP contribution in [0.4, 0.5) is 5.69 Å². The van der Waals surface area contributed by atoms with Crippen molar-refractivity contribution in [2.45, 2.75) is 13.3 Å². The second-order valence-electron chi connectivity index (χ2n) is 5.60. The van der Waals surface area contributed by atoms with Gasteiger partial charge in [-0.2, -0.15) is 10.2 Å². The zero-order valence-corrected chi connectivity index (χ0v) is 14.6. The Bertz CT molecular complexity index is 1010. The minimum atomic E-state index is -0.818. The van der Waals surface area contributed by atoms with E-state index in [9.17, 15) is 9.59 Å². The Morgan fingerprint density at radius 3 is 2.74 bits per heavy atom. The number of aryl methyl sites for hydroxylation is 1. The van der Waals surface area contributed by atoms with Gasteiger partial charge in [-0.05, 0) is 25.1 Å². The van der Waals surface area contributed by atoms with Crippen molar-refractivity contribution in [3.63, 3.8) is 0 Å². The summed E-state index contributed by atoms with van der Waals surface area (Å²) in [6.07, 6.45) is 1.72. The van der Waals surface area contributed by atoms with E-state index in [-0.39, 0.29) is 24.6 Å². The summed E-state index contributed by atoms with van der Waals surface area (Å²) in [7, 11) is 0. The molecule has 0 aliphatic carbocycles. The number of anilines is 1. The molecule has 0 bridgehead atoms. The molecule has 2 heterocycles. The van der Waals surface area contributed by atoms with E-state index >= 15 is 0 Å². The number of aromatic nitrogens is 4.